The summed E-state index contributed by atoms with van der Waals surface area (Å²) in [5.74, 6) is 0.368. The number of amides is 1. The molecule has 0 bridgehead atoms. The lowest BCUT2D eigenvalue weighted by molar-refractivity contribution is -0.123. The predicted octanol–water partition coefficient (Wildman–Crippen LogP) is 5.38. The lowest BCUT2D eigenvalue weighted by Crippen LogP contribution is -2.30. The summed E-state index contributed by atoms with van der Waals surface area (Å²) in [6, 6.07) is 17.7. The number of H-pyrrole nitrogens is 1. The largest absolute Gasteiger partial charge is 0.497 e. The third kappa shape index (κ3) is 4.83. The van der Waals surface area contributed by atoms with Gasteiger partial charge in [0, 0.05) is 16.3 Å². The van der Waals surface area contributed by atoms with Crippen LogP contribution in [0.1, 0.15) is 22.8 Å². The Hall–Kier alpha value is -3.84. The van der Waals surface area contributed by atoms with Gasteiger partial charge < -0.3 is 19.8 Å². The van der Waals surface area contributed by atoms with Gasteiger partial charge in [-0.2, -0.15) is 0 Å². The monoisotopic (exact) mass is 463 g/mol. The normalized spacial score (nSPS) is 11.8. The number of carbonyl (C=O) groups is 2. The van der Waals surface area contributed by atoms with E-state index in [0.29, 0.717) is 33.1 Å². The molecule has 0 fully saturated rings. The number of aromatic nitrogens is 2. The van der Waals surface area contributed by atoms with E-state index in [2.05, 4.69) is 15.3 Å². The molecule has 0 radical (unpaired) electrons. The molecule has 8 heteroatoms. The molecule has 1 amide bonds. The zero-order valence-electron chi connectivity index (χ0n) is 18.3. The minimum Gasteiger partial charge on any atom is -0.497 e. The Kier molecular flexibility index (Phi) is 6.33. The molecule has 168 valence electrons. The minimum absolute atomic E-state index is 0.311. The molecule has 2 N–H and O–H groups in total. The topological polar surface area (TPSA) is 93.3 Å². The molecular formula is C25H22ClN3O4. The van der Waals surface area contributed by atoms with Crippen LogP contribution in [0.15, 0.2) is 60.7 Å². The van der Waals surface area contributed by atoms with E-state index in [9.17, 15) is 9.59 Å². The van der Waals surface area contributed by atoms with E-state index in [1.54, 1.807) is 50.4 Å². The van der Waals surface area contributed by atoms with Crippen molar-refractivity contribution >= 4 is 40.2 Å². The predicted molar refractivity (Wildman–Crippen MR) is 128 cm³/mol. The average molecular weight is 464 g/mol. The Morgan fingerprint density at radius 1 is 1.09 bits per heavy atom. The van der Waals surface area contributed by atoms with Gasteiger partial charge in [0.2, 0.25) is 0 Å². The van der Waals surface area contributed by atoms with Crippen LogP contribution >= 0.6 is 11.6 Å². The van der Waals surface area contributed by atoms with Crippen LogP contribution in [0.5, 0.6) is 5.75 Å². The molecule has 0 saturated heterocycles. The van der Waals surface area contributed by atoms with Crippen molar-refractivity contribution in [1.82, 2.24) is 9.97 Å². The zero-order valence-corrected chi connectivity index (χ0v) is 19.1. The summed E-state index contributed by atoms with van der Waals surface area (Å²) in [6.45, 7) is 3.32. The summed E-state index contributed by atoms with van der Waals surface area (Å²) < 4.78 is 10.6. The smallest absolute Gasteiger partial charge is 0.338 e. The highest BCUT2D eigenvalue weighted by molar-refractivity contribution is 6.31. The number of hydrogen-bond donors (Lipinski definition) is 2. The van der Waals surface area contributed by atoms with Gasteiger partial charge in [0.25, 0.3) is 5.91 Å². The molecule has 33 heavy (non-hydrogen) atoms. The van der Waals surface area contributed by atoms with E-state index in [1.165, 1.54) is 6.92 Å². The molecule has 0 aliphatic heterocycles. The second-order valence-electron chi connectivity index (χ2n) is 7.50. The number of aromatic amines is 1. The second-order valence-corrected chi connectivity index (χ2v) is 7.90. The van der Waals surface area contributed by atoms with Gasteiger partial charge in [0.15, 0.2) is 6.10 Å². The first-order chi connectivity index (χ1) is 15.9. The van der Waals surface area contributed by atoms with Crippen molar-refractivity contribution < 1.29 is 19.1 Å². The number of fused-ring (bicyclic) bond motifs is 1. The summed E-state index contributed by atoms with van der Waals surface area (Å²) in [6.07, 6.45) is -0.997. The van der Waals surface area contributed by atoms with Gasteiger partial charge >= 0.3 is 5.97 Å². The number of benzene rings is 3. The Morgan fingerprint density at radius 2 is 1.85 bits per heavy atom. The van der Waals surface area contributed by atoms with Gasteiger partial charge in [-0.05, 0) is 74.0 Å². The van der Waals surface area contributed by atoms with Crippen LogP contribution in [0, 0.1) is 6.92 Å². The number of esters is 1. The fraction of sp³-hybridized carbons (Fsp3) is 0.160. The number of carbonyl (C=O) groups excluding carboxylic acids is 2. The molecule has 7 nitrogen and oxygen atoms in total. The molecule has 1 atom stereocenters. The van der Waals surface area contributed by atoms with Crippen molar-refractivity contribution in [3.8, 4) is 17.1 Å². The van der Waals surface area contributed by atoms with Gasteiger partial charge in [-0.15, -0.1) is 0 Å². The standard InChI is InChI=1S/C25H22ClN3O4/c1-14-19(26)5-4-6-20(14)29-24(30)15(2)33-25(31)17-9-12-21-22(13-17)28-23(27-21)16-7-10-18(32-3)11-8-16/h4-13,15H,1-3H3,(H,27,28)(H,29,30). The summed E-state index contributed by atoms with van der Waals surface area (Å²) in [5.41, 5.74) is 3.90. The maximum atomic E-state index is 12.7. The first-order valence-electron chi connectivity index (χ1n) is 10.3. The summed E-state index contributed by atoms with van der Waals surface area (Å²) in [7, 11) is 1.61. The number of rotatable bonds is 6. The maximum Gasteiger partial charge on any atom is 0.338 e. The van der Waals surface area contributed by atoms with Crippen LogP contribution in [-0.4, -0.2) is 35.1 Å². The van der Waals surface area contributed by atoms with Crippen LogP contribution in [0.25, 0.3) is 22.4 Å². The number of imidazole rings is 1. The molecule has 3 aromatic carbocycles. The number of nitrogens with zero attached hydrogens (tertiary/aromatic N) is 1. The molecule has 1 heterocycles. The maximum absolute atomic E-state index is 12.7. The molecule has 1 aromatic heterocycles. The first-order valence-corrected chi connectivity index (χ1v) is 10.6. The molecular weight excluding hydrogens is 442 g/mol. The van der Waals surface area contributed by atoms with E-state index in [1.807, 2.05) is 24.3 Å². The number of halogens is 1. The number of hydrogen-bond acceptors (Lipinski definition) is 5. The van der Waals surface area contributed by atoms with E-state index >= 15 is 0 Å². The van der Waals surface area contributed by atoms with Crippen molar-refractivity contribution in [3.63, 3.8) is 0 Å². The van der Waals surface area contributed by atoms with Gasteiger partial charge in [0.05, 0.1) is 23.7 Å². The molecule has 0 saturated carbocycles. The second kappa shape index (κ2) is 9.34. The highest BCUT2D eigenvalue weighted by atomic mass is 35.5. The fourth-order valence-corrected chi connectivity index (χ4v) is 3.46. The molecule has 0 spiro atoms. The highest BCUT2D eigenvalue weighted by Gasteiger charge is 2.20. The number of ether oxygens (including phenoxy) is 2. The third-order valence-corrected chi connectivity index (χ3v) is 5.67. The minimum atomic E-state index is -0.997. The Balaban J connectivity index is 1.47. The van der Waals surface area contributed by atoms with Gasteiger partial charge in [-0.3, -0.25) is 4.79 Å². The van der Waals surface area contributed by atoms with Crippen LogP contribution in [0.3, 0.4) is 0 Å². The first kappa shape index (κ1) is 22.4. The third-order valence-electron chi connectivity index (χ3n) is 5.26. The van der Waals surface area contributed by atoms with E-state index in [0.717, 1.165) is 16.9 Å². The fourth-order valence-electron chi connectivity index (χ4n) is 3.28. The Labute approximate surface area is 195 Å². The molecule has 4 rings (SSSR count). The Morgan fingerprint density at radius 3 is 2.58 bits per heavy atom. The SMILES string of the molecule is COc1ccc(-c2nc3ccc(C(=O)OC(C)C(=O)Nc4cccc(Cl)c4C)cc3[nH]2)cc1. The van der Waals surface area contributed by atoms with Crippen LogP contribution in [0.4, 0.5) is 5.69 Å². The van der Waals surface area contributed by atoms with Gasteiger partial charge in [0.1, 0.15) is 11.6 Å². The van der Waals surface area contributed by atoms with Gasteiger partial charge in [-0.1, -0.05) is 17.7 Å². The van der Waals surface area contributed by atoms with Crippen molar-refractivity contribution in [3.05, 3.63) is 76.8 Å². The van der Waals surface area contributed by atoms with Crippen LogP contribution in [0.2, 0.25) is 5.02 Å². The molecule has 1 unspecified atom stereocenters. The number of methoxy groups -OCH3 is 1. The average Bonchev–Trinajstić information content (AvgIpc) is 3.25. The van der Waals surface area contributed by atoms with Crippen molar-refractivity contribution in [1.29, 1.82) is 0 Å². The summed E-state index contributed by atoms with van der Waals surface area (Å²) >= 11 is 6.09. The lowest BCUT2D eigenvalue weighted by atomic mass is 10.2. The molecule has 0 aliphatic rings. The quantitative estimate of drug-likeness (QED) is 0.374. The highest BCUT2D eigenvalue weighted by Crippen LogP contribution is 2.25. The lowest BCUT2D eigenvalue weighted by Gasteiger charge is -2.15. The van der Waals surface area contributed by atoms with Crippen LogP contribution < -0.4 is 10.1 Å². The Bertz CT molecular complexity index is 1330. The van der Waals surface area contributed by atoms with Gasteiger partial charge in [-0.25, -0.2) is 9.78 Å². The zero-order chi connectivity index (χ0) is 23.5. The van der Waals surface area contributed by atoms with Crippen molar-refractivity contribution in [2.45, 2.75) is 20.0 Å². The molecule has 4 aromatic rings. The number of anilines is 1. The summed E-state index contributed by atoms with van der Waals surface area (Å²) in [5, 5.41) is 3.28. The van der Waals surface area contributed by atoms with Crippen molar-refractivity contribution in [2.75, 3.05) is 12.4 Å². The van der Waals surface area contributed by atoms with Crippen molar-refractivity contribution in [2.24, 2.45) is 0 Å². The van der Waals surface area contributed by atoms with E-state index < -0.39 is 18.0 Å². The number of nitrogens with one attached hydrogen (secondary N) is 2. The van der Waals surface area contributed by atoms with E-state index in [-0.39, 0.29) is 0 Å². The molecule has 0 aliphatic carbocycles. The summed E-state index contributed by atoms with van der Waals surface area (Å²) in [4.78, 5) is 32.9. The van der Waals surface area contributed by atoms with E-state index in [4.69, 9.17) is 21.1 Å². The van der Waals surface area contributed by atoms with Crippen LogP contribution in [-0.2, 0) is 9.53 Å².